The first-order chi connectivity index (χ1) is 6.67. The predicted molar refractivity (Wildman–Crippen MR) is 53.8 cm³/mol. The van der Waals surface area contributed by atoms with Gasteiger partial charge in [-0.05, 0) is 19.3 Å². The van der Waals surface area contributed by atoms with E-state index in [9.17, 15) is 0 Å². The molecule has 0 aliphatic heterocycles. The number of hydrogen-bond acceptors (Lipinski definition) is 4. The van der Waals surface area contributed by atoms with Crippen LogP contribution in [-0.2, 0) is 0 Å². The molecule has 0 aliphatic carbocycles. The van der Waals surface area contributed by atoms with Crippen molar-refractivity contribution in [3.63, 3.8) is 0 Å². The molecule has 0 saturated heterocycles. The third-order valence-corrected chi connectivity index (χ3v) is 3.02. The van der Waals surface area contributed by atoms with Gasteiger partial charge in [0.05, 0.1) is 13.2 Å². The number of hydrogen-bond donors (Lipinski definition) is 4. The summed E-state index contributed by atoms with van der Waals surface area (Å²) in [7, 11) is 0. The molecule has 4 heteroatoms. The zero-order valence-electron chi connectivity index (χ0n) is 8.82. The van der Waals surface area contributed by atoms with Crippen LogP contribution in [0.25, 0.3) is 0 Å². The fourth-order valence-corrected chi connectivity index (χ4v) is 1.36. The van der Waals surface area contributed by atoms with E-state index in [1.54, 1.807) is 0 Å². The van der Waals surface area contributed by atoms with Crippen molar-refractivity contribution in [3.8, 4) is 0 Å². The second-order valence-electron chi connectivity index (χ2n) is 3.94. The van der Waals surface area contributed by atoms with Crippen molar-refractivity contribution in [2.75, 3.05) is 26.4 Å². The molecule has 0 unspecified atom stereocenters. The molecule has 0 spiro atoms. The van der Waals surface area contributed by atoms with Crippen molar-refractivity contribution in [1.82, 2.24) is 0 Å². The predicted octanol–water partition coefficient (Wildman–Crippen LogP) is -0.252. The minimum absolute atomic E-state index is 0.0485. The van der Waals surface area contributed by atoms with E-state index < -0.39 is 5.41 Å². The molecule has 0 fully saturated rings. The van der Waals surface area contributed by atoms with Crippen LogP contribution in [0, 0.1) is 11.3 Å². The lowest BCUT2D eigenvalue weighted by atomic mass is 9.80. The Hall–Kier alpha value is -0.160. The summed E-state index contributed by atoms with van der Waals surface area (Å²) in [6, 6.07) is 0. The smallest absolute Gasteiger partial charge is 0.0509 e. The van der Waals surface area contributed by atoms with Crippen LogP contribution in [0.4, 0.5) is 0 Å². The van der Waals surface area contributed by atoms with Gasteiger partial charge in [-0.1, -0.05) is 6.92 Å². The topological polar surface area (TPSA) is 80.9 Å². The molecule has 0 rings (SSSR count). The van der Waals surface area contributed by atoms with Crippen LogP contribution < -0.4 is 0 Å². The highest BCUT2D eigenvalue weighted by atomic mass is 16.3. The SMILES string of the molecule is CCC(CO)(CO)CCC(CO)CO. The second kappa shape index (κ2) is 7.17. The van der Waals surface area contributed by atoms with E-state index in [1.165, 1.54) is 0 Å². The minimum atomic E-state index is -0.456. The lowest BCUT2D eigenvalue weighted by Crippen LogP contribution is -2.30. The van der Waals surface area contributed by atoms with Crippen LogP contribution >= 0.6 is 0 Å². The average Bonchev–Trinajstić information content (AvgIpc) is 2.26. The summed E-state index contributed by atoms with van der Waals surface area (Å²) >= 11 is 0. The molecular weight excluding hydrogens is 184 g/mol. The summed E-state index contributed by atoms with van der Waals surface area (Å²) in [6.07, 6.45) is 1.95. The molecule has 4 N–H and O–H groups in total. The molecule has 0 heterocycles. The van der Waals surface area contributed by atoms with Gasteiger partial charge in [-0.25, -0.2) is 0 Å². The van der Waals surface area contributed by atoms with Crippen LogP contribution in [0.3, 0.4) is 0 Å². The van der Waals surface area contributed by atoms with Gasteiger partial charge in [0, 0.05) is 24.5 Å². The van der Waals surface area contributed by atoms with E-state index in [1.807, 2.05) is 6.92 Å². The molecule has 0 aromatic rings. The molecule has 0 atom stereocenters. The summed E-state index contributed by atoms with van der Waals surface area (Å²) in [4.78, 5) is 0. The van der Waals surface area contributed by atoms with Gasteiger partial charge in [-0.15, -0.1) is 0 Å². The van der Waals surface area contributed by atoms with Gasteiger partial charge in [0.15, 0.2) is 0 Å². The molecule has 4 nitrogen and oxygen atoms in total. The highest BCUT2D eigenvalue weighted by molar-refractivity contribution is 4.77. The quantitative estimate of drug-likeness (QED) is 0.441. The lowest BCUT2D eigenvalue weighted by Gasteiger charge is -2.29. The van der Waals surface area contributed by atoms with Crippen LogP contribution in [0.15, 0.2) is 0 Å². The van der Waals surface area contributed by atoms with Gasteiger partial charge < -0.3 is 20.4 Å². The molecule has 0 bridgehead atoms. The van der Waals surface area contributed by atoms with Crippen LogP contribution in [0.2, 0.25) is 0 Å². The van der Waals surface area contributed by atoms with E-state index >= 15 is 0 Å². The maximum atomic E-state index is 9.15. The van der Waals surface area contributed by atoms with Crippen molar-refractivity contribution >= 4 is 0 Å². The summed E-state index contributed by atoms with van der Waals surface area (Å²) in [5, 5.41) is 36.0. The Morgan fingerprint density at radius 1 is 1.00 bits per heavy atom. The Morgan fingerprint density at radius 3 is 1.79 bits per heavy atom. The van der Waals surface area contributed by atoms with Crippen molar-refractivity contribution in [2.24, 2.45) is 11.3 Å². The zero-order valence-corrected chi connectivity index (χ0v) is 8.82. The normalized spacial score (nSPS) is 12.4. The standard InChI is InChI=1S/C10H22O4/c1-2-10(7-13,8-14)4-3-9(5-11)6-12/h9,11-14H,2-8H2,1H3. The third-order valence-electron chi connectivity index (χ3n) is 3.02. The maximum absolute atomic E-state index is 9.15. The Kier molecular flexibility index (Phi) is 7.09. The van der Waals surface area contributed by atoms with Crippen molar-refractivity contribution in [1.29, 1.82) is 0 Å². The number of aliphatic hydroxyl groups is 4. The van der Waals surface area contributed by atoms with Gasteiger partial charge in [-0.2, -0.15) is 0 Å². The van der Waals surface area contributed by atoms with Crippen LogP contribution in [-0.4, -0.2) is 46.9 Å². The Balaban J connectivity index is 4.04. The minimum Gasteiger partial charge on any atom is -0.396 e. The third kappa shape index (κ3) is 3.92. The molecule has 86 valence electrons. The lowest BCUT2D eigenvalue weighted by molar-refractivity contribution is 0.0310. The fraction of sp³-hybridized carbons (Fsp3) is 1.00. The van der Waals surface area contributed by atoms with E-state index in [0.29, 0.717) is 19.3 Å². The molecule has 0 amide bonds. The van der Waals surface area contributed by atoms with Gasteiger partial charge in [-0.3, -0.25) is 0 Å². The van der Waals surface area contributed by atoms with Crippen LogP contribution in [0.1, 0.15) is 26.2 Å². The van der Waals surface area contributed by atoms with E-state index in [2.05, 4.69) is 0 Å². The summed E-state index contributed by atoms with van der Waals surface area (Å²) in [6.45, 7) is 1.72. The first kappa shape index (κ1) is 13.8. The molecule has 0 saturated carbocycles. The van der Waals surface area contributed by atoms with E-state index in [-0.39, 0.29) is 32.3 Å². The van der Waals surface area contributed by atoms with E-state index in [4.69, 9.17) is 20.4 Å². The average molecular weight is 206 g/mol. The van der Waals surface area contributed by atoms with Gasteiger partial charge >= 0.3 is 0 Å². The summed E-state index contributed by atoms with van der Waals surface area (Å²) in [5.41, 5.74) is -0.456. The van der Waals surface area contributed by atoms with Crippen molar-refractivity contribution in [3.05, 3.63) is 0 Å². The summed E-state index contributed by atoms with van der Waals surface area (Å²) < 4.78 is 0. The molecule has 0 aliphatic rings. The number of aliphatic hydroxyl groups excluding tert-OH is 4. The Morgan fingerprint density at radius 2 is 1.50 bits per heavy atom. The molecule has 0 aromatic carbocycles. The molecule has 14 heavy (non-hydrogen) atoms. The summed E-state index contributed by atoms with van der Waals surface area (Å²) in [5.74, 6) is -0.140. The fourth-order valence-electron chi connectivity index (χ4n) is 1.36. The maximum Gasteiger partial charge on any atom is 0.0509 e. The van der Waals surface area contributed by atoms with Crippen LogP contribution in [0.5, 0.6) is 0 Å². The van der Waals surface area contributed by atoms with Gasteiger partial charge in [0.2, 0.25) is 0 Å². The molecule has 0 aromatic heterocycles. The van der Waals surface area contributed by atoms with Gasteiger partial charge in [0.1, 0.15) is 0 Å². The Labute approximate surface area is 85.2 Å². The van der Waals surface area contributed by atoms with Gasteiger partial charge in [0.25, 0.3) is 0 Å². The zero-order chi connectivity index (χ0) is 11.0. The molecule has 0 radical (unpaired) electrons. The van der Waals surface area contributed by atoms with Crippen molar-refractivity contribution < 1.29 is 20.4 Å². The number of rotatable bonds is 8. The highest BCUT2D eigenvalue weighted by Crippen LogP contribution is 2.28. The first-order valence-electron chi connectivity index (χ1n) is 5.11. The van der Waals surface area contributed by atoms with Crippen molar-refractivity contribution in [2.45, 2.75) is 26.2 Å². The van der Waals surface area contributed by atoms with E-state index in [0.717, 1.165) is 0 Å². The highest BCUT2D eigenvalue weighted by Gasteiger charge is 2.27. The monoisotopic (exact) mass is 206 g/mol. The molecular formula is C10H22O4. The Bertz CT molecular complexity index is 122. The first-order valence-corrected chi connectivity index (χ1v) is 5.11. The largest absolute Gasteiger partial charge is 0.396 e. The second-order valence-corrected chi connectivity index (χ2v) is 3.94.